The lowest BCUT2D eigenvalue weighted by molar-refractivity contribution is 0.0728. The van der Waals surface area contributed by atoms with E-state index in [1.54, 1.807) is 0 Å². The van der Waals surface area contributed by atoms with E-state index in [9.17, 15) is 0 Å². The van der Waals surface area contributed by atoms with Gasteiger partial charge in [-0.1, -0.05) is 19.1 Å². The minimum absolute atomic E-state index is 0.444. The quantitative estimate of drug-likeness (QED) is 0.799. The van der Waals surface area contributed by atoms with Gasteiger partial charge in [0.2, 0.25) is 0 Å². The van der Waals surface area contributed by atoms with Crippen molar-refractivity contribution in [1.82, 2.24) is 5.32 Å². The number of hydrogen-bond donors (Lipinski definition) is 1. The smallest absolute Gasteiger partial charge is 0.0468 e. The van der Waals surface area contributed by atoms with Crippen molar-refractivity contribution in [3.8, 4) is 0 Å². The molecule has 0 spiro atoms. The molecular formula is C16H25NOS. The molecule has 1 unspecified atom stereocenters. The maximum Gasteiger partial charge on any atom is 0.0468 e. The van der Waals surface area contributed by atoms with Gasteiger partial charge in [-0.15, -0.1) is 11.8 Å². The van der Waals surface area contributed by atoms with Crippen LogP contribution in [0.3, 0.4) is 0 Å². The first kappa shape index (κ1) is 14.9. The lowest BCUT2D eigenvalue weighted by atomic mass is 10.0. The predicted octanol–water partition coefficient (Wildman–Crippen LogP) is 3.88. The van der Waals surface area contributed by atoms with Crippen molar-refractivity contribution in [2.24, 2.45) is 5.92 Å². The SMILES string of the molecule is CCNC(C)c1ccc(SCC2CCOCC2)cc1. The van der Waals surface area contributed by atoms with E-state index in [0.29, 0.717) is 6.04 Å². The standard InChI is InChI=1S/C16H25NOS/c1-3-17-13(2)15-4-6-16(7-5-15)19-12-14-8-10-18-11-9-14/h4-7,13-14,17H,3,8-12H2,1-2H3. The molecule has 1 aromatic rings. The number of ether oxygens (including phenoxy) is 1. The Balaban J connectivity index is 1.81. The maximum atomic E-state index is 5.40. The molecule has 1 fully saturated rings. The molecule has 0 amide bonds. The fourth-order valence-electron chi connectivity index (χ4n) is 2.40. The molecule has 0 bridgehead atoms. The van der Waals surface area contributed by atoms with Crippen LogP contribution < -0.4 is 5.32 Å². The first-order chi connectivity index (χ1) is 9.29. The third-order valence-corrected chi connectivity index (χ3v) is 4.96. The fourth-order valence-corrected chi connectivity index (χ4v) is 3.49. The second-order valence-electron chi connectivity index (χ2n) is 5.22. The highest BCUT2D eigenvalue weighted by Crippen LogP contribution is 2.26. The van der Waals surface area contributed by atoms with Gasteiger partial charge in [-0.2, -0.15) is 0 Å². The van der Waals surface area contributed by atoms with Crippen LogP contribution in [0.2, 0.25) is 0 Å². The highest BCUT2D eigenvalue weighted by molar-refractivity contribution is 7.99. The van der Waals surface area contributed by atoms with Crippen molar-refractivity contribution in [2.75, 3.05) is 25.5 Å². The average molecular weight is 279 g/mol. The van der Waals surface area contributed by atoms with Crippen molar-refractivity contribution < 1.29 is 4.74 Å². The van der Waals surface area contributed by atoms with Gasteiger partial charge in [0.05, 0.1) is 0 Å². The zero-order valence-corrected chi connectivity index (χ0v) is 12.8. The molecule has 1 saturated heterocycles. The average Bonchev–Trinajstić information content (AvgIpc) is 2.47. The van der Waals surface area contributed by atoms with Crippen LogP contribution in [-0.4, -0.2) is 25.5 Å². The van der Waals surface area contributed by atoms with Gasteiger partial charge < -0.3 is 10.1 Å². The Hall–Kier alpha value is -0.510. The summed E-state index contributed by atoms with van der Waals surface area (Å²) < 4.78 is 5.40. The number of hydrogen-bond acceptors (Lipinski definition) is 3. The summed E-state index contributed by atoms with van der Waals surface area (Å²) in [4.78, 5) is 1.39. The molecule has 19 heavy (non-hydrogen) atoms. The fraction of sp³-hybridized carbons (Fsp3) is 0.625. The third-order valence-electron chi connectivity index (χ3n) is 3.72. The zero-order valence-electron chi connectivity index (χ0n) is 12.0. The van der Waals surface area contributed by atoms with E-state index in [2.05, 4.69) is 43.4 Å². The Bertz CT molecular complexity index is 360. The van der Waals surface area contributed by atoms with Crippen LogP contribution in [0, 0.1) is 5.92 Å². The molecular weight excluding hydrogens is 254 g/mol. The van der Waals surface area contributed by atoms with Gasteiger partial charge in [0.15, 0.2) is 0 Å². The highest BCUT2D eigenvalue weighted by atomic mass is 32.2. The molecule has 3 heteroatoms. The molecule has 2 rings (SSSR count). The minimum Gasteiger partial charge on any atom is -0.381 e. The topological polar surface area (TPSA) is 21.3 Å². The second kappa shape index (κ2) is 7.93. The molecule has 106 valence electrons. The first-order valence-electron chi connectivity index (χ1n) is 7.33. The Kier molecular flexibility index (Phi) is 6.21. The minimum atomic E-state index is 0.444. The summed E-state index contributed by atoms with van der Waals surface area (Å²) in [7, 11) is 0. The van der Waals surface area contributed by atoms with E-state index in [0.717, 1.165) is 25.7 Å². The van der Waals surface area contributed by atoms with Crippen molar-refractivity contribution >= 4 is 11.8 Å². The normalized spacial score (nSPS) is 18.4. The third kappa shape index (κ3) is 4.83. The Morgan fingerprint density at radius 1 is 1.26 bits per heavy atom. The lowest BCUT2D eigenvalue weighted by Gasteiger charge is -2.21. The van der Waals surface area contributed by atoms with E-state index >= 15 is 0 Å². The Labute approximate surface area is 121 Å². The molecule has 1 aliphatic heterocycles. The number of nitrogens with one attached hydrogen (secondary N) is 1. The van der Waals surface area contributed by atoms with Crippen LogP contribution in [0.4, 0.5) is 0 Å². The summed E-state index contributed by atoms with van der Waals surface area (Å²) in [5.41, 5.74) is 1.37. The van der Waals surface area contributed by atoms with Crippen LogP contribution in [-0.2, 0) is 4.74 Å². The van der Waals surface area contributed by atoms with Gasteiger partial charge in [0, 0.05) is 29.9 Å². The molecule has 2 nitrogen and oxygen atoms in total. The molecule has 0 aromatic heterocycles. The van der Waals surface area contributed by atoms with E-state index in [1.807, 2.05) is 11.8 Å². The monoisotopic (exact) mass is 279 g/mol. The molecule has 1 aromatic carbocycles. The van der Waals surface area contributed by atoms with Crippen LogP contribution in [0.25, 0.3) is 0 Å². The van der Waals surface area contributed by atoms with Gasteiger partial charge in [-0.05, 0) is 49.9 Å². The Morgan fingerprint density at radius 2 is 1.95 bits per heavy atom. The van der Waals surface area contributed by atoms with Crippen molar-refractivity contribution in [3.05, 3.63) is 29.8 Å². The first-order valence-corrected chi connectivity index (χ1v) is 8.32. The van der Waals surface area contributed by atoms with Crippen LogP contribution in [0.5, 0.6) is 0 Å². The van der Waals surface area contributed by atoms with E-state index in [1.165, 1.54) is 29.1 Å². The summed E-state index contributed by atoms with van der Waals surface area (Å²) in [5, 5.41) is 3.44. The molecule has 0 aliphatic carbocycles. The summed E-state index contributed by atoms with van der Waals surface area (Å²) in [5.74, 6) is 2.06. The van der Waals surface area contributed by atoms with Crippen molar-refractivity contribution in [1.29, 1.82) is 0 Å². The van der Waals surface area contributed by atoms with Crippen LogP contribution in [0.1, 0.15) is 38.3 Å². The number of rotatable bonds is 6. The van der Waals surface area contributed by atoms with Gasteiger partial charge in [-0.3, -0.25) is 0 Å². The molecule has 1 heterocycles. The van der Waals surface area contributed by atoms with Gasteiger partial charge in [0.25, 0.3) is 0 Å². The molecule has 1 atom stereocenters. The van der Waals surface area contributed by atoms with E-state index < -0.39 is 0 Å². The largest absolute Gasteiger partial charge is 0.381 e. The number of benzene rings is 1. The lowest BCUT2D eigenvalue weighted by Crippen LogP contribution is -2.17. The van der Waals surface area contributed by atoms with Gasteiger partial charge >= 0.3 is 0 Å². The Morgan fingerprint density at radius 3 is 2.58 bits per heavy atom. The highest BCUT2D eigenvalue weighted by Gasteiger charge is 2.13. The molecule has 1 N–H and O–H groups in total. The van der Waals surface area contributed by atoms with E-state index in [4.69, 9.17) is 4.74 Å². The molecule has 0 radical (unpaired) electrons. The predicted molar refractivity (Wildman–Crippen MR) is 82.8 cm³/mol. The van der Waals surface area contributed by atoms with E-state index in [-0.39, 0.29) is 0 Å². The van der Waals surface area contributed by atoms with Crippen LogP contribution in [0.15, 0.2) is 29.2 Å². The van der Waals surface area contributed by atoms with Crippen LogP contribution >= 0.6 is 11.8 Å². The maximum absolute atomic E-state index is 5.40. The molecule has 1 aliphatic rings. The van der Waals surface area contributed by atoms with Crippen molar-refractivity contribution in [3.63, 3.8) is 0 Å². The van der Waals surface area contributed by atoms with Crippen molar-refractivity contribution in [2.45, 2.75) is 37.6 Å². The summed E-state index contributed by atoms with van der Waals surface area (Å²) in [6, 6.07) is 9.46. The van der Waals surface area contributed by atoms with Gasteiger partial charge in [0.1, 0.15) is 0 Å². The summed E-state index contributed by atoms with van der Waals surface area (Å²) in [6.07, 6.45) is 2.45. The second-order valence-corrected chi connectivity index (χ2v) is 6.31. The summed E-state index contributed by atoms with van der Waals surface area (Å²) >= 11 is 1.98. The zero-order chi connectivity index (χ0) is 13.5. The summed E-state index contributed by atoms with van der Waals surface area (Å²) in [6.45, 7) is 7.28. The number of thioether (sulfide) groups is 1. The van der Waals surface area contributed by atoms with Gasteiger partial charge in [-0.25, -0.2) is 0 Å². The molecule has 0 saturated carbocycles.